The van der Waals surface area contributed by atoms with Crippen LogP contribution in [-0.4, -0.2) is 119 Å². The normalized spacial score (nSPS) is 14.5. The molecular formula is C41H67N9O11. The van der Waals surface area contributed by atoms with E-state index in [2.05, 4.69) is 37.2 Å². The summed E-state index contributed by atoms with van der Waals surface area (Å²) in [4.78, 5) is 116. The summed E-state index contributed by atoms with van der Waals surface area (Å²) in [7, 11) is 0. The molecule has 20 nitrogen and oxygen atoms in total. The van der Waals surface area contributed by atoms with Crippen LogP contribution < -0.4 is 48.7 Å². The molecule has 0 aliphatic heterocycles. The zero-order chi connectivity index (χ0) is 46.2. The number of nitrogens with one attached hydrogen (secondary N) is 7. The molecule has 7 atom stereocenters. The van der Waals surface area contributed by atoms with Crippen LogP contribution in [0.3, 0.4) is 0 Å². The van der Waals surface area contributed by atoms with E-state index >= 15 is 0 Å². The van der Waals surface area contributed by atoms with Gasteiger partial charge in [0, 0.05) is 6.42 Å². The SMILES string of the molecule is CC[C@H](C)[C@H](NC(=O)[C@H](Cc1ccccc1)NC(=O)[C@H](CC(=O)O)NC(=O)CNC(=O)[C@H](CC(C)C)NC(=O)CNC(=O)[C@H](CC(C)C)NC(=O)[C@@H](N)CCCCN)C(=O)O. The summed E-state index contributed by atoms with van der Waals surface area (Å²) in [6.45, 7) is 9.85. The van der Waals surface area contributed by atoms with Gasteiger partial charge in [0.1, 0.15) is 30.2 Å². The fourth-order valence-electron chi connectivity index (χ4n) is 6.05. The second-order valence-corrected chi connectivity index (χ2v) is 15.9. The largest absolute Gasteiger partial charge is 0.481 e. The Morgan fingerprint density at radius 2 is 1.11 bits per heavy atom. The van der Waals surface area contributed by atoms with Gasteiger partial charge in [0.05, 0.1) is 25.6 Å². The van der Waals surface area contributed by atoms with Crippen LogP contribution in [0.2, 0.25) is 0 Å². The van der Waals surface area contributed by atoms with Gasteiger partial charge in [-0.1, -0.05) is 84.7 Å². The molecule has 1 aromatic rings. The van der Waals surface area contributed by atoms with E-state index < -0.39 is 115 Å². The van der Waals surface area contributed by atoms with Crippen molar-refractivity contribution in [1.29, 1.82) is 0 Å². The lowest BCUT2D eigenvalue weighted by Crippen LogP contribution is -2.58. The minimum absolute atomic E-state index is 0.000551. The number of unbranched alkanes of at least 4 members (excludes halogenated alkanes) is 1. The number of hydrogen-bond donors (Lipinski definition) is 11. The smallest absolute Gasteiger partial charge is 0.326 e. The van der Waals surface area contributed by atoms with E-state index in [0.717, 1.165) is 0 Å². The maximum absolute atomic E-state index is 13.5. The standard InChI is InChI=1S/C41H67N9O11/c1-7-25(6)35(41(60)61)50-40(59)30(19-26-13-9-8-10-14-26)49-39(58)31(20-34(53)54)47-33(52)22-44-37(56)28(17-23(2)3)46-32(51)21-45-38(57)29(18-24(4)5)48-36(55)27(43)15-11-12-16-42/h8-10,13-14,23-25,27-31,35H,7,11-12,15-22,42-43H2,1-6H3,(H,44,56)(H,45,57)(H,46,51)(H,47,52)(H,48,55)(H,49,58)(H,50,59)(H,53,54)(H,60,61)/t25-,27-,28-,29-,30-,31-,35-/m0/s1. The second-order valence-electron chi connectivity index (χ2n) is 15.9. The summed E-state index contributed by atoms with van der Waals surface area (Å²) < 4.78 is 0. The van der Waals surface area contributed by atoms with Crippen LogP contribution in [0.5, 0.6) is 0 Å². The Kier molecular flexibility index (Phi) is 24.5. The Hall–Kier alpha value is -5.63. The number of benzene rings is 1. The molecule has 7 amide bonds. The fraction of sp³-hybridized carbons (Fsp3) is 0.634. The molecule has 61 heavy (non-hydrogen) atoms. The lowest BCUT2D eigenvalue weighted by Gasteiger charge is -2.26. The van der Waals surface area contributed by atoms with Gasteiger partial charge in [-0.3, -0.25) is 38.4 Å². The number of rotatable bonds is 29. The number of hydrogen-bond acceptors (Lipinski definition) is 11. The van der Waals surface area contributed by atoms with Gasteiger partial charge in [-0.15, -0.1) is 0 Å². The van der Waals surface area contributed by atoms with Gasteiger partial charge >= 0.3 is 11.9 Å². The Balaban J connectivity index is 3.01. The summed E-state index contributed by atoms with van der Waals surface area (Å²) in [5, 5.41) is 36.5. The Morgan fingerprint density at radius 3 is 1.59 bits per heavy atom. The third-order valence-electron chi connectivity index (χ3n) is 9.57. The molecule has 0 saturated heterocycles. The highest BCUT2D eigenvalue weighted by atomic mass is 16.4. The molecule has 0 unspecified atom stereocenters. The van der Waals surface area contributed by atoms with Gasteiger partial charge in [0.2, 0.25) is 41.4 Å². The molecular weight excluding hydrogens is 795 g/mol. The lowest BCUT2D eigenvalue weighted by atomic mass is 9.98. The predicted molar refractivity (Wildman–Crippen MR) is 225 cm³/mol. The van der Waals surface area contributed by atoms with E-state index in [1.165, 1.54) is 0 Å². The number of carbonyl (C=O) groups is 9. The van der Waals surface area contributed by atoms with E-state index in [4.69, 9.17) is 11.5 Å². The van der Waals surface area contributed by atoms with Crippen LogP contribution in [0, 0.1) is 17.8 Å². The van der Waals surface area contributed by atoms with Crippen molar-refractivity contribution in [2.45, 2.75) is 129 Å². The number of carbonyl (C=O) groups excluding carboxylic acids is 7. The van der Waals surface area contributed by atoms with E-state index in [1.54, 1.807) is 58.0 Å². The van der Waals surface area contributed by atoms with Crippen molar-refractivity contribution in [2.75, 3.05) is 19.6 Å². The van der Waals surface area contributed by atoms with Gasteiger partial charge < -0.3 is 58.9 Å². The first-order valence-corrected chi connectivity index (χ1v) is 20.7. The zero-order valence-electron chi connectivity index (χ0n) is 36.1. The quantitative estimate of drug-likeness (QED) is 0.0433. The van der Waals surface area contributed by atoms with E-state index in [-0.39, 0.29) is 31.1 Å². The van der Waals surface area contributed by atoms with Crippen molar-refractivity contribution in [3.8, 4) is 0 Å². The van der Waals surface area contributed by atoms with E-state index in [0.29, 0.717) is 37.8 Å². The van der Waals surface area contributed by atoms with Crippen molar-refractivity contribution >= 4 is 53.3 Å². The maximum Gasteiger partial charge on any atom is 0.326 e. The molecule has 0 aromatic heterocycles. The molecule has 0 heterocycles. The lowest BCUT2D eigenvalue weighted by molar-refractivity contribution is -0.144. The molecule has 0 saturated carbocycles. The van der Waals surface area contributed by atoms with Crippen LogP contribution in [-0.2, 0) is 49.6 Å². The molecule has 0 spiro atoms. The molecule has 0 fully saturated rings. The van der Waals surface area contributed by atoms with Crippen molar-refractivity contribution in [3.05, 3.63) is 35.9 Å². The van der Waals surface area contributed by atoms with Crippen LogP contribution in [0.4, 0.5) is 0 Å². The van der Waals surface area contributed by atoms with Crippen LogP contribution in [0.1, 0.15) is 92.1 Å². The third kappa shape index (κ3) is 21.5. The van der Waals surface area contributed by atoms with Crippen molar-refractivity contribution in [1.82, 2.24) is 37.2 Å². The Morgan fingerprint density at radius 1 is 0.623 bits per heavy atom. The molecule has 0 bridgehead atoms. The minimum atomic E-state index is -1.72. The zero-order valence-corrected chi connectivity index (χ0v) is 36.1. The first-order valence-electron chi connectivity index (χ1n) is 20.7. The summed E-state index contributed by atoms with van der Waals surface area (Å²) in [5.41, 5.74) is 12.1. The number of nitrogens with two attached hydrogens (primary N) is 2. The first-order chi connectivity index (χ1) is 28.7. The molecule has 13 N–H and O–H groups in total. The van der Waals surface area contributed by atoms with Crippen LogP contribution >= 0.6 is 0 Å². The molecule has 0 aliphatic carbocycles. The van der Waals surface area contributed by atoms with Gasteiger partial charge in [0.25, 0.3) is 0 Å². The summed E-state index contributed by atoms with van der Waals surface area (Å²) >= 11 is 0. The molecule has 0 aliphatic rings. The molecule has 0 radical (unpaired) electrons. The topological polar surface area (TPSA) is 330 Å². The first kappa shape index (κ1) is 53.4. The van der Waals surface area contributed by atoms with Gasteiger partial charge in [-0.25, -0.2) is 4.79 Å². The Labute approximate surface area is 357 Å². The highest BCUT2D eigenvalue weighted by Crippen LogP contribution is 2.11. The van der Waals surface area contributed by atoms with Crippen molar-refractivity contribution < 1.29 is 53.4 Å². The van der Waals surface area contributed by atoms with E-state index in [1.807, 2.05) is 13.8 Å². The molecule has 1 aromatic carbocycles. The van der Waals surface area contributed by atoms with E-state index in [9.17, 15) is 53.4 Å². The predicted octanol–water partition coefficient (Wildman–Crippen LogP) is -0.961. The maximum atomic E-state index is 13.5. The fourth-order valence-corrected chi connectivity index (χ4v) is 6.05. The van der Waals surface area contributed by atoms with Crippen molar-refractivity contribution in [2.24, 2.45) is 29.2 Å². The highest BCUT2D eigenvalue weighted by molar-refractivity contribution is 5.97. The molecule has 342 valence electrons. The minimum Gasteiger partial charge on any atom is -0.481 e. The Bertz CT molecular complexity index is 1630. The average molecular weight is 862 g/mol. The number of aliphatic carboxylic acids is 2. The number of carboxylic acid groups (broad SMARTS) is 2. The average Bonchev–Trinajstić information content (AvgIpc) is 3.19. The van der Waals surface area contributed by atoms with Gasteiger partial charge in [-0.2, -0.15) is 0 Å². The third-order valence-corrected chi connectivity index (χ3v) is 9.57. The van der Waals surface area contributed by atoms with Crippen LogP contribution in [0.25, 0.3) is 0 Å². The highest BCUT2D eigenvalue weighted by Gasteiger charge is 2.33. The van der Waals surface area contributed by atoms with Gasteiger partial charge in [0.15, 0.2) is 0 Å². The second kappa shape index (κ2) is 28.0. The monoisotopic (exact) mass is 861 g/mol. The molecule has 1 rings (SSSR count). The van der Waals surface area contributed by atoms with Gasteiger partial charge in [-0.05, 0) is 55.5 Å². The number of amides is 7. The molecule has 20 heteroatoms. The van der Waals surface area contributed by atoms with Crippen molar-refractivity contribution in [3.63, 3.8) is 0 Å². The summed E-state index contributed by atoms with van der Waals surface area (Å²) in [6, 6.07) is 1.11. The summed E-state index contributed by atoms with van der Waals surface area (Å²) in [5.74, 6) is -8.88. The summed E-state index contributed by atoms with van der Waals surface area (Å²) in [6.07, 6.45) is 1.52. The number of carboxylic acids is 2. The van der Waals surface area contributed by atoms with Crippen LogP contribution in [0.15, 0.2) is 30.3 Å².